The Morgan fingerprint density at radius 1 is 1.25 bits per heavy atom. The van der Waals surface area contributed by atoms with Crippen molar-refractivity contribution in [2.75, 3.05) is 0 Å². The van der Waals surface area contributed by atoms with E-state index >= 15 is 0 Å². The van der Waals surface area contributed by atoms with E-state index in [1.807, 2.05) is 0 Å². The highest BCUT2D eigenvalue weighted by Crippen LogP contribution is 1.68. The molecule has 0 aliphatic rings. The Kier molecular flexibility index (Phi) is 11.4. The molecule has 0 aliphatic heterocycles. The molecule has 3 nitrogen and oxygen atoms in total. The van der Waals surface area contributed by atoms with Gasteiger partial charge in [0.2, 0.25) is 0 Å². The van der Waals surface area contributed by atoms with Crippen LogP contribution >= 0.6 is 0 Å². The highest BCUT2D eigenvalue weighted by atomic mass is 127. The molecule has 0 fully saturated rings. The fraction of sp³-hybridized carbons (Fsp3) is 1.00. The minimum absolute atomic E-state index is 0.139. The molecular weight excluding hydrogens is 239 g/mol. The van der Waals surface area contributed by atoms with Crippen LogP contribution in [0.5, 0.6) is 0 Å². The van der Waals surface area contributed by atoms with Crippen molar-refractivity contribution in [1.82, 2.24) is 0 Å². The van der Waals surface area contributed by atoms with Crippen LogP contribution in [0.3, 0.4) is 0 Å². The lowest BCUT2D eigenvalue weighted by Crippen LogP contribution is -3.98. The zero-order valence-corrected chi connectivity index (χ0v) is 8.53. The summed E-state index contributed by atoms with van der Waals surface area (Å²) >= 11 is -3.76. The minimum atomic E-state index is -3.76. The van der Waals surface area contributed by atoms with Gasteiger partial charge in [-0.1, -0.05) is 19.6 Å². The molecule has 52 valence electrons. The summed E-state index contributed by atoms with van der Waals surface area (Å²) in [6, 6.07) is 0. The van der Waals surface area contributed by atoms with E-state index in [1.54, 1.807) is 0 Å². The summed E-state index contributed by atoms with van der Waals surface area (Å²) in [6.07, 6.45) is 0. The molecule has 5 heteroatoms. The molecule has 0 atom stereocenters. The first-order valence-electron chi connectivity index (χ1n) is 2.21. The lowest BCUT2D eigenvalue weighted by Gasteiger charge is -1.75. The SMILES string of the molecule is C[SiH](C)C.[O-][I+2]([O-])O. The van der Waals surface area contributed by atoms with Gasteiger partial charge in [0.05, 0.1) is 0 Å². The summed E-state index contributed by atoms with van der Waals surface area (Å²) in [7, 11) is -0.139. The van der Waals surface area contributed by atoms with Crippen LogP contribution in [0.25, 0.3) is 0 Å². The molecule has 0 saturated carbocycles. The van der Waals surface area contributed by atoms with E-state index in [2.05, 4.69) is 19.6 Å². The van der Waals surface area contributed by atoms with Gasteiger partial charge in [-0.25, -0.2) is 0 Å². The fourth-order valence-corrected chi connectivity index (χ4v) is 0. The third kappa shape index (κ3) is 339. The van der Waals surface area contributed by atoms with Gasteiger partial charge in [0.25, 0.3) is 0 Å². The zero-order valence-electron chi connectivity index (χ0n) is 5.22. The Balaban J connectivity index is 0. The summed E-state index contributed by atoms with van der Waals surface area (Å²) in [5.41, 5.74) is 0. The van der Waals surface area contributed by atoms with Crippen molar-refractivity contribution in [2.45, 2.75) is 19.6 Å². The topological polar surface area (TPSA) is 66.3 Å². The number of rotatable bonds is 0. The third-order valence-corrected chi connectivity index (χ3v) is 0. The molecule has 0 amide bonds. The van der Waals surface area contributed by atoms with Crippen molar-refractivity contribution < 1.29 is 31.4 Å². The van der Waals surface area contributed by atoms with Crippen LogP contribution in [-0.2, 0) is 0 Å². The second kappa shape index (κ2) is 7.83. The van der Waals surface area contributed by atoms with E-state index in [-0.39, 0.29) is 8.80 Å². The maximum atomic E-state index is 8.68. The predicted octanol–water partition coefficient (Wildman–Crippen LogP) is -4.83. The van der Waals surface area contributed by atoms with E-state index in [1.165, 1.54) is 0 Å². The largest absolute Gasteiger partial charge is 0.503 e. The molecule has 0 unspecified atom stereocenters. The van der Waals surface area contributed by atoms with E-state index in [0.717, 1.165) is 0 Å². The van der Waals surface area contributed by atoms with Crippen molar-refractivity contribution in [3.63, 3.8) is 0 Å². The van der Waals surface area contributed by atoms with Gasteiger partial charge in [0.1, 0.15) is 0 Å². The average Bonchev–Trinajstić information content (AvgIpc) is 1.25. The Hall–Kier alpha value is 0.827. The van der Waals surface area contributed by atoms with Crippen LogP contribution in [-0.4, -0.2) is 12.2 Å². The van der Waals surface area contributed by atoms with Gasteiger partial charge >= 0.3 is 21.1 Å². The first-order valence-corrected chi connectivity index (χ1v) is 8.40. The molecule has 0 saturated heterocycles. The van der Waals surface area contributed by atoms with Crippen molar-refractivity contribution in [1.29, 1.82) is 0 Å². The molecule has 1 N–H and O–H groups in total. The van der Waals surface area contributed by atoms with Crippen molar-refractivity contribution in [3.8, 4) is 0 Å². The lowest BCUT2D eigenvalue weighted by atomic mass is 11.8. The highest BCUT2D eigenvalue weighted by Gasteiger charge is 1.89. The Labute approximate surface area is 60.0 Å². The molecule has 0 aromatic heterocycles. The quantitative estimate of drug-likeness (QED) is 0.346. The maximum Gasteiger partial charge on any atom is 0.503 e. The monoisotopic (exact) mass is 250 g/mol. The van der Waals surface area contributed by atoms with Crippen LogP contribution in [0.1, 0.15) is 0 Å². The van der Waals surface area contributed by atoms with Crippen LogP contribution in [0.15, 0.2) is 0 Å². The number of halogens is 1. The summed E-state index contributed by atoms with van der Waals surface area (Å²) < 4.78 is 24.5. The van der Waals surface area contributed by atoms with E-state index < -0.39 is 21.1 Å². The van der Waals surface area contributed by atoms with Crippen molar-refractivity contribution in [2.24, 2.45) is 0 Å². The van der Waals surface area contributed by atoms with Crippen molar-refractivity contribution >= 4 is 8.80 Å². The summed E-state index contributed by atoms with van der Waals surface area (Å²) in [4.78, 5) is 0. The minimum Gasteiger partial charge on any atom is -0.396 e. The molecule has 0 spiro atoms. The van der Waals surface area contributed by atoms with Gasteiger partial charge < -0.3 is 6.87 Å². The lowest BCUT2D eigenvalue weighted by molar-refractivity contribution is -1.63. The van der Waals surface area contributed by atoms with E-state index in [4.69, 9.17) is 10.3 Å². The maximum absolute atomic E-state index is 8.68. The molecule has 0 bridgehead atoms. The van der Waals surface area contributed by atoms with Gasteiger partial charge in [-0.05, 0) is 3.44 Å². The van der Waals surface area contributed by atoms with Gasteiger partial charge in [-0.2, -0.15) is 0 Å². The third-order valence-electron chi connectivity index (χ3n) is 0. The predicted molar refractivity (Wildman–Crippen MR) is 27.0 cm³/mol. The van der Waals surface area contributed by atoms with Gasteiger partial charge in [-0.3, -0.25) is 0 Å². The first-order chi connectivity index (χ1) is 3.46. The van der Waals surface area contributed by atoms with Crippen LogP contribution in [0.2, 0.25) is 19.6 Å². The van der Waals surface area contributed by atoms with Crippen molar-refractivity contribution in [3.05, 3.63) is 0 Å². The Morgan fingerprint density at radius 2 is 1.25 bits per heavy atom. The first kappa shape index (κ1) is 11.6. The van der Waals surface area contributed by atoms with Gasteiger partial charge in [0, 0.05) is 8.80 Å². The molecule has 0 heterocycles. The molecular formula is C3H11IO3Si. The van der Waals surface area contributed by atoms with E-state index in [9.17, 15) is 0 Å². The molecule has 0 aromatic rings. The summed E-state index contributed by atoms with van der Waals surface area (Å²) in [5.74, 6) is 0. The summed E-state index contributed by atoms with van der Waals surface area (Å²) in [5, 5.41) is 0. The standard InChI is InChI=1S/C3H10Si.HIO3/c1-4(2)3;2-1(3)4/h4H,1-3H3;2H. The zero-order chi connectivity index (χ0) is 7.15. The fourth-order valence-electron chi connectivity index (χ4n) is 0. The molecule has 0 aliphatic carbocycles. The highest BCUT2D eigenvalue weighted by molar-refractivity contribution is 6.54. The molecule has 0 radical (unpaired) electrons. The van der Waals surface area contributed by atoms with Gasteiger partial charge in [-0.15, -0.1) is 0 Å². The molecule has 0 rings (SSSR count). The van der Waals surface area contributed by atoms with Gasteiger partial charge in [0.15, 0.2) is 0 Å². The molecule has 0 aromatic carbocycles. The number of hydrogen-bond acceptors (Lipinski definition) is 3. The van der Waals surface area contributed by atoms with Crippen LogP contribution in [0.4, 0.5) is 0 Å². The Morgan fingerprint density at radius 3 is 1.25 bits per heavy atom. The van der Waals surface area contributed by atoms with Crippen LogP contribution in [0, 0.1) is 0 Å². The second-order valence-corrected chi connectivity index (χ2v) is 6.54. The smallest absolute Gasteiger partial charge is 0.396 e. The van der Waals surface area contributed by atoms with Crippen LogP contribution < -0.4 is 27.9 Å². The number of hydrogen-bond donors (Lipinski definition) is 1. The average molecular weight is 250 g/mol. The molecule has 8 heavy (non-hydrogen) atoms. The second-order valence-electron chi connectivity index (χ2n) is 1.93. The van der Waals surface area contributed by atoms with E-state index in [0.29, 0.717) is 0 Å². The normalized spacial score (nSPS) is 9.00. The summed E-state index contributed by atoms with van der Waals surface area (Å²) in [6.45, 7) is 6.92. The Bertz CT molecular complexity index is 30.0.